The summed E-state index contributed by atoms with van der Waals surface area (Å²) in [7, 11) is -4.35. The third-order valence-corrected chi connectivity index (χ3v) is 22.8. The van der Waals surface area contributed by atoms with Crippen LogP contribution in [0.2, 0.25) is 32.7 Å². The summed E-state index contributed by atoms with van der Waals surface area (Å²) < 4.78 is 5.23. The molecule has 1 aliphatic rings. The lowest BCUT2D eigenvalue weighted by Gasteiger charge is -2.37. The molecule has 0 spiro atoms. The van der Waals surface area contributed by atoms with E-state index in [4.69, 9.17) is 0 Å². The van der Waals surface area contributed by atoms with Crippen LogP contribution in [0.1, 0.15) is 0 Å². The van der Waals surface area contributed by atoms with E-state index in [1.54, 1.807) is 0 Å². The third-order valence-electron chi connectivity index (χ3n) is 17.2. The van der Waals surface area contributed by atoms with Crippen molar-refractivity contribution >= 4 is 142 Å². The van der Waals surface area contributed by atoms with Gasteiger partial charge in [0, 0.05) is 65.6 Å². The Morgan fingerprint density at radius 2 is 0.948 bits per heavy atom. The van der Waals surface area contributed by atoms with Crippen molar-refractivity contribution in [1.82, 2.24) is 8.80 Å². The topological polar surface area (TPSA) is 15.3 Å². The summed E-state index contributed by atoms with van der Waals surface area (Å²) in [6.45, 7) is 12.6. The van der Waals surface area contributed by atoms with Crippen LogP contribution in [0.5, 0.6) is 0 Å². The zero-order valence-electron chi connectivity index (χ0n) is 43.8. The molecule has 5 heterocycles. The van der Waals surface area contributed by atoms with Gasteiger partial charge in [0.15, 0.2) is 0 Å². The maximum atomic E-state index is 2.64. The number of hydrogen-bond donors (Lipinski definition) is 0. The maximum absolute atomic E-state index is 2.64. The first kappa shape index (κ1) is 44.4. The summed E-state index contributed by atoms with van der Waals surface area (Å²) in [5.41, 5.74) is 19.7. The van der Waals surface area contributed by atoms with Crippen LogP contribution in [-0.2, 0) is 0 Å². The predicted molar refractivity (Wildman–Crippen MR) is 336 cm³/mol. The molecular formula is C71H54N4Si2. The van der Waals surface area contributed by atoms with Crippen LogP contribution in [0, 0.1) is 0 Å². The fourth-order valence-electron chi connectivity index (χ4n) is 13.9. The Balaban J connectivity index is 1.01. The number of nitrogens with zero attached hydrogens (tertiary/aromatic N) is 4. The zero-order valence-corrected chi connectivity index (χ0v) is 45.8. The van der Waals surface area contributed by atoms with Gasteiger partial charge >= 0.3 is 0 Å². The highest BCUT2D eigenvalue weighted by molar-refractivity contribution is 7.03. The van der Waals surface area contributed by atoms with E-state index in [1.807, 2.05) is 0 Å². The summed E-state index contributed by atoms with van der Waals surface area (Å²) in [5, 5.41) is 14.7. The molecule has 0 N–H and O–H groups in total. The van der Waals surface area contributed by atoms with E-state index in [-0.39, 0.29) is 0 Å². The lowest BCUT2D eigenvalue weighted by Crippen LogP contribution is -2.55. The molecule has 0 bridgehead atoms. The number of benzene rings is 11. The van der Waals surface area contributed by atoms with Gasteiger partial charge in [0.25, 0.3) is 0 Å². The first-order valence-electron chi connectivity index (χ1n) is 27.1. The molecule has 1 aliphatic heterocycles. The third kappa shape index (κ3) is 6.08. The highest BCUT2D eigenvalue weighted by atomic mass is 28.3. The van der Waals surface area contributed by atoms with E-state index in [9.17, 15) is 0 Å². The van der Waals surface area contributed by atoms with Gasteiger partial charge in [-0.05, 0) is 87.4 Å². The van der Waals surface area contributed by atoms with Crippen LogP contribution in [0.4, 0.5) is 34.1 Å². The fraction of sp³-hybridized carbons (Fsp3) is 0.0704. The van der Waals surface area contributed by atoms with Crippen LogP contribution < -0.4 is 25.4 Å². The van der Waals surface area contributed by atoms with Crippen molar-refractivity contribution in [3.8, 4) is 22.3 Å². The maximum Gasteiger partial charge on any atom is 0.115 e. The van der Waals surface area contributed by atoms with Crippen molar-refractivity contribution in [3.63, 3.8) is 0 Å². The molecule has 0 saturated carbocycles. The van der Waals surface area contributed by atoms with Crippen LogP contribution >= 0.6 is 0 Å². The van der Waals surface area contributed by atoms with Crippen LogP contribution in [0.25, 0.3) is 98.4 Å². The van der Waals surface area contributed by atoms with E-state index in [0.29, 0.717) is 0 Å². The molecule has 6 heteroatoms. The van der Waals surface area contributed by atoms with Gasteiger partial charge in [0.2, 0.25) is 0 Å². The lowest BCUT2D eigenvalue weighted by molar-refractivity contribution is 1.30. The number of fused-ring (bicyclic) bond motifs is 11. The Bertz CT molecular complexity index is 4860. The van der Waals surface area contributed by atoms with Gasteiger partial charge in [-0.25, -0.2) is 0 Å². The SMILES string of the molecule is C[Si](C)(C)c1cccc(-c2ccccc2)c1N(c1ccccc1)c1ccc2c3cc4c(cc3n3c5ccccc5c1c23)c1ccc2c3c5c(cccc5n4c13)[Si](C)(C)c1cccc(-c3ccccc3)c1N2c1ccccc1. The number of hydrogen-bond acceptors (Lipinski definition) is 2. The van der Waals surface area contributed by atoms with Gasteiger partial charge < -0.3 is 18.6 Å². The molecule has 4 aromatic heterocycles. The number of rotatable bonds is 7. The summed E-state index contributed by atoms with van der Waals surface area (Å²) in [6.07, 6.45) is 0. The molecule has 0 fully saturated rings. The minimum Gasteiger partial charge on any atom is -0.309 e. The Morgan fingerprint density at radius 3 is 1.65 bits per heavy atom. The van der Waals surface area contributed by atoms with E-state index in [2.05, 4.69) is 288 Å². The first-order valence-corrected chi connectivity index (χ1v) is 33.6. The zero-order chi connectivity index (χ0) is 51.5. The Labute approximate surface area is 449 Å². The van der Waals surface area contributed by atoms with Gasteiger partial charge in [-0.1, -0.05) is 209 Å². The monoisotopic (exact) mass is 1020 g/mol. The fourth-order valence-corrected chi connectivity index (χ4v) is 18.5. The quantitative estimate of drug-likeness (QED) is 0.148. The van der Waals surface area contributed by atoms with Crippen LogP contribution in [0.3, 0.4) is 0 Å². The van der Waals surface area contributed by atoms with E-state index in [1.165, 1.54) is 137 Å². The second kappa shape index (κ2) is 16.0. The molecule has 11 aromatic carbocycles. The lowest BCUT2D eigenvalue weighted by atomic mass is 9.99. The smallest absolute Gasteiger partial charge is 0.115 e. The number of para-hydroxylation sites is 5. The predicted octanol–water partition coefficient (Wildman–Crippen LogP) is 17.9. The summed E-state index contributed by atoms with van der Waals surface area (Å²) >= 11 is 0. The first-order chi connectivity index (χ1) is 37.7. The molecule has 0 unspecified atom stereocenters. The molecule has 0 aliphatic carbocycles. The number of aromatic nitrogens is 2. The van der Waals surface area contributed by atoms with Crippen molar-refractivity contribution in [2.75, 3.05) is 9.80 Å². The molecule has 15 aromatic rings. The van der Waals surface area contributed by atoms with Crippen LogP contribution in [-0.4, -0.2) is 24.9 Å². The molecular weight excluding hydrogens is 965 g/mol. The average molecular weight is 1020 g/mol. The molecule has 0 radical (unpaired) electrons. The van der Waals surface area contributed by atoms with Gasteiger partial charge in [-0.15, -0.1) is 0 Å². The Morgan fingerprint density at radius 1 is 0.403 bits per heavy atom. The molecule has 0 saturated heterocycles. The van der Waals surface area contributed by atoms with E-state index < -0.39 is 16.1 Å². The van der Waals surface area contributed by atoms with Crippen molar-refractivity contribution in [2.24, 2.45) is 0 Å². The standard InChI is InChI=1S/C71H54N4Si2/c1-76(2,3)63-37-20-32-49(45-23-10-6-11-24-45)68(63)72(47-27-14-8-15-28-47)58-41-39-51-54-44-61-55(43-60(54)74-56-34-19-18-31-53(56)65(58)70(51)74)52-40-42-59-67-66-57(75(61)71(52)67)35-22-36-62(66)77(4,5)64-38-21-33-50(46-25-12-7-13-26-46)69(64)73(59)48-29-16-9-17-30-48/h6-44H,1-5H3. The normalized spacial score (nSPS) is 13.6. The van der Waals surface area contributed by atoms with Crippen molar-refractivity contribution in [2.45, 2.75) is 32.7 Å². The highest BCUT2D eigenvalue weighted by Crippen LogP contribution is 2.53. The van der Waals surface area contributed by atoms with Crippen LogP contribution in [0.15, 0.2) is 237 Å². The molecule has 4 nitrogen and oxygen atoms in total. The van der Waals surface area contributed by atoms with E-state index >= 15 is 0 Å². The average Bonchev–Trinajstić information content (AvgIpc) is 4.33. The number of anilines is 6. The minimum absolute atomic E-state index is 1.15. The van der Waals surface area contributed by atoms with Crippen molar-refractivity contribution in [3.05, 3.63) is 237 Å². The van der Waals surface area contributed by atoms with Gasteiger partial charge in [-0.2, -0.15) is 0 Å². The van der Waals surface area contributed by atoms with Gasteiger partial charge in [-0.3, -0.25) is 0 Å². The molecule has 16 rings (SSSR count). The van der Waals surface area contributed by atoms with E-state index in [0.717, 1.165) is 11.4 Å². The molecule has 77 heavy (non-hydrogen) atoms. The summed E-state index contributed by atoms with van der Waals surface area (Å²) in [4.78, 5) is 5.20. The molecule has 0 amide bonds. The van der Waals surface area contributed by atoms with Gasteiger partial charge in [0.1, 0.15) is 8.07 Å². The molecule has 366 valence electrons. The molecule has 0 atom stereocenters. The second-order valence-electron chi connectivity index (χ2n) is 22.8. The summed E-state index contributed by atoms with van der Waals surface area (Å²) in [6, 6.07) is 89.3. The summed E-state index contributed by atoms with van der Waals surface area (Å²) in [5.74, 6) is 0. The Kier molecular flexibility index (Phi) is 9.24. The van der Waals surface area contributed by atoms with Crippen molar-refractivity contribution < 1.29 is 0 Å². The van der Waals surface area contributed by atoms with Crippen molar-refractivity contribution in [1.29, 1.82) is 0 Å². The largest absolute Gasteiger partial charge is 0.309 e. The highest BCUT2D eigenvalue weighted by Gasteiger charge is 2.39. The van der Waals surface area contributed by atoms with Gasteiger partial charge in [0.05, 0.1) is 63.9 Å². The second-order valence-corrected chi connectivity index (χ2v) is 32.2. The Hall–Kier alpha value is -8.95. The minimum atomic E-state index is -2.42.